The molecule has 0 saturated carbocycles. The van der Waals surface area contributed by atoms with Crippen LogP contribution in [-0.2, 0) is 4.79 Å². The van der Waals surface area contributed by atoms with Crippen LogP contribution < -0.4 is 5.32 Å². The van der Waals surface area contributed by atoms with Gasteiger partial charge in [0.25, 0.3) is 0 Å². The first-order valence-corrected chi connectivity index (χ1v) is 7.10. The van der Waals surface area contributed by atoms with Crippen LogP contribution in [0.5, 0.6) is 0 Å². The predicted octanol–water partition coefficient (Wildman–Crippen LogP) is 0.833. The molecule has 0 atom stereocenters. The van der Waals surface area contributed by atoms with E-state index in [9.17, 15) is 4.79 Å². The third-order valence-electron chi connectivity index (χ3n) is 3.48. The number of aromatic nitrogens is 3. The number of nitrogens with one attached hydrogen (secondary N) is 1. The molecule has 22 heavy (non-hydrogen) atoms. The third kappa shape index (κ3) is 3.20. The second-order valence-corrected chi connectivity index (χ2v) is 5.18. The molecule has 1 amide bonds. The molecule has 114 valence electrons. The fourth-order valence-electron chi connectivity index (χ4n) is 2.31. The summed E-state index contributed by atoms with van der Waals surface area (Å²) < 4.78 is 5.31. The van der Waals surface area contributed by atoms with E-state index < -0.39 is 0 Å². The number of nitrogens with zero attached hydrogens (tertiary/aromatic N) is 4. The molecular weight excluding hydrogens is 282 g/mol. The SMILES string of the molecule is C=CCNC(=O)CN1CC(c2nc(-c3cccnc3)no2)C1. The topological polar surface area (TPSA) is 84.2 Å². The molecule has 1 aliphatic rings. The highest BCUT2D eigenvalue weighted by Crippen LogP contribution is 2.26. The second-order valence-electron chi connectivity index (χ2n) is 5.18. The molecule has 7 heteroatoms. The zero-order valence-electron chi connectivity index (χ0n) is 12.1. The Morgan fingerprint density at radius 3 is 3.14 bits per heavy atom. The maximum Gasteiger partial charge on any atom is 0.234 e. The molecule has 2 aromatic heterocycles. The fraction of sp³-hybridized carbons (Fsp3) is 0.333. The lowest BCUT2D eigenvalue weighted by molar-refractivity contribution is -0.123. The van der Waals surface area contributed by atoms with Crippen LogP contribution >= 0.6 is 0 Å². The van der Waals surface area contributed by atoms with Gasteiger partial charge in [-0.3, -0.25) is 14.7 Å². The maximum atomic E-state index is 11.6. The van der Waals surface area contributed by atoms with Gasteiger partial charge in [-0.2, -0.15) is 4.98 Å². The molecule has 0 bridgehead atoms. The number of likely N-dealkylation sites (tertiary alicyclic amines) is 1. The smallest absolute Gasteiger partial charge is 0.234 e. The largest absolute Gasteiger partial charge is 0.352 e. The monoisotopic (exact) mass is 299 g/mol. The van der Waals surface area contributed by atoms with Gasteiger partial charge < -0.3 is 9.84 Å². The van der Waals surface area contributed by atoms with Gasteiger partial charge in [-0.1, -0.05) is 11.2 Å². The van der Waals surface area contributed by atoms with E-state index >= 15 is 0 Å². The van der Waals surface area contributed by atoms with Gasteiger partial charge in [0.2, 0.25) is 17.6 Å². The molecule has 0 aliphatic carbocycles. The van der Waals surface area contributed by atoms with E-state index in [1.165, 1.54) is 0 Å². The van der Waals surface area contributed by atoms with E-state index in [1.54, 1.807) is 18.5 Å². The Labute approximate surface area is 128 Å². The number of hydrogen-bond acceptors (Lipinski definition) is 6. The average Bonchev–Trinajstić information content (AvgIpc) is 2.98. The Morgan fingerprint density at radius 2 is 2.41 bits per heavy atom. The molecule has 0 unspecified atom stereocenters. The van der Waals surface area contributed by atoms with Crippen LogP contribution in [0.4, 0.5) is 0 Å². The van der Waals surface area contributed by atoms with E-state index in [1.807, 2.05) is 17.0 Å². The molecule has 7 nitrogen and oxygen atoms in total. The van der Waals surface area contributed by atoms with E-state index in [0.29, 0.717) is 24.8 Å². The summed E-state index contributed by atoms with van der Waals surface area (Å²) in [5, 5.41) is 6.74. The normalized spacial score (nSPS) is 15.3. The molecule has 1 saturated heterocycles. The highest BCUT2D eigenvalue weighted by Gasteiger charge is 2.33. The molecule has 3 heterocycles. The number of carbonyl (C=O) groups excluding carboxylic acids is 1. The summed E-state index contributed by atoms with van der Waals surface area (Å²) in [6, 6.07) is 3.72. The lowest BCUT2D eigenvalue weighted by Crippen LogP contribution is -2.49. The minimum absolute atomic E-state index is 0.0000666. The quantitative estimate of drug-likeness (QED) is 0.796. The van der Waals surface area contributed by atoms with E-state index in [2.05, 4.69) is 27.0 Å². The Hall–Kier alpha value is -2.54. The minimum atomic E-state index is -0.0000666. The summed E-state index contributed by atoms with van der Waals surface area (Å²) in [4.78, 5) is 22.1. The van der Waals surface area contributed by atoms with Gasteiger partial charge in [-0.25, -0.2) is 0 Å². The highest BCUT2D eigenvalue weighted by atomic mass is 16.5. The van der Waals surface area contributed by atoms with Gasteiger partial charge in [-0.05, 0) is 12.1 Å². The lowest BCUT2D eigenvalue weighted by atomic mass is 10.0. The fourth-order valence-corrected chi connectivity index (χ4v) is 2.31. The zero-order chi connectivity index (χ0) is 15.4. The van der Waals surface area contributed by atoms with Crippen molar-refractivity contribution in [2.24, 2.45) is 0 Å². The van der Waals surface area contributed by atoms with Crippen molar-refractivity contribution in [3.8, 4) is 11.4 Å². The first-order chi connectivity index (χ1) is 10.8. The summed E-state index contributed by atoms with van der Waals surface area (Å²) in [6.45, 7) is 5.93. The second kappa shape index (κ2) is 6.48. The van der Waals surface area contributed by atoms with Crippen molar-refractivity contribution >= 4 is 5.91 Å². The number of carbonyl (C=O) groups is 1. The van der Waals surface area contributed by atoms with Gasteiger partial charge >= 0.3 is 0 Å². The van der Waals surface area contributed by atoms with E-state index in [-0.39, 0.29) is 11.8 Å². The molecule has 0 radical (unpaired) electrons. The molecule has 0 aromatic carbocycles. The minimum Gasteiger partial charge on any atom is -0.352 e. The van der Waals surface area contributed by atoms with Crippen LogP contribution in [-0.4, -0.2) is 52.1 Å². The number of hydrogen-bond donors (Lipinski definition) is 1. The first-order valence-electron chi connectivity index (χ1n) is 7.10. The zero-order valence-corrected chi connectivity index (χ0v) is 12.1. The average molecular weight is 299 g/mol. The molecule has 0 spiro atoms. The standard InChI is InChI=1S/C15H17N5O2/c1-2-5-17-13(21)10-20-8-12(9-20)15-18-14(19-22-15)11-4-3-6-16-7-11/h2-4,6-7,12H,1,5,8-10H2,(H,17,21). The third-order valence-corrected chi connectivity index (χ3v) is 3.48. The van der Waals surface area contributed by atoms with Crippen LogP contribution in [0.2, 0.25) is 0 Å². The van der Waals surface area contributed by atoms with Crippen molar-refractivity contribution in [3.63, 3.8) is 0 Å². The van der Waals surface area contributed by atoms with Gasteiger partial charge in [-0.15, -0.1) is 6.58 Å². The Bertz CT molecular complexity index is 649. The summed E-state index contributed by atoms with van der Waals surface area (Å²) >= 11 is 0. The maximum absolute atomic E-state index is 11.6. The summed E-state index contributed by atoms with van der Waals surface area (Å²) in [7, 11) is 0. The van der Waals surface area contributed by atoms with E-state index in [0.717, 1.165) is 18.7 Å². The Kier molecular flexibility index (Phi) is 4.24. The summed E-state index contributed by atoms with van der Waals surface area (Å²) in [5.41, 5.74) is 0.831. The number of pyridine rings is 1. The van der Waals surface area contributed by atoms with Crippen LogP contribution in [0.25, 0.3) is 11.4 Å². The molecule has 1 fully saturated rings. The van der Waals surface area contributed by atoms with Crippen LogP contribution in [0.15, 0.2) is 41.7 Å². The molecule has 3 rings (SSSR count). The lowest BCUT2D eigenvalue weighted by Gasteiger charge is -2.36. The molecule has 1 N–H and O–H groups in total. The van der Waals surface area contributed by atoms with Crippen molar-refractivity contribution in [1.29, 1.82) is 0 Å². The van der Waals surface area contributed by atoms with Gasteiger partial charge in [0.05, 0.1) is 12.5 Å². The van der Waals surface area contributed by atoms with Crippen molar-refractivity contribution in [2.75, 3.05) is 26.2 Å². The first kappa shape index (κ1) is 14.4. The molecule has 2 aromatic rings. The van der Waals surface area contributed by atoms with Crippen molar-refractivity contribution in [1.82, 2.24) is 25.3 Å². The predicted molar refractivity (Wildman–Crippen MR) is 79.9 cm³/mol. The Balaban J connectivity index is 1.52. The van der Waals surface area contributed by atoms with Crippen molar-refractivity contribution in [2.45, 2.75) is 5.92 Å². The number of amides is 1. The Morgan fingerprint density at radius 1 is 1.55 bits per heavy atom. The van der Waals surface area contributed by atoms with E-state index in [4.69, 9.17) is 4.52 Å². The number of rotatable bonds is 6. The van der Waals surface area contributed by atoms with Gasteiger partial charge in [0.1, 0.15) is 0 Å². The highest BCUT2D eigenvalue weighted by molar-refractivity contribution is 5.78. The van der Waals surface area contributed by atoms with Crippen LogP contribution in [0, 0.1) is 0 Å². The molecular formula is C15H17N5O2. The summed E-state index contributed by atoms with van der Waals surface area (Å²) in [5.74, 6) is 1.34. The molecule has 1 aliphatic heterocycles. The van der Waals surface area contributed by atoms with Crippen molar-refractivity contribution in [3.05, 3.63) is 43.1 Å². The van der Waals surface area contributed by atoms with Gasteiger partial charge in [0.15, 0.2) is 0 Å². The van der Waals surface area contributed by atoms with Crippen LogP contribution in [0.3, 0.4) is 0 Å². The van der Waals surface area contributed by atoms with Crippen LogP contribution in [0.1, 0.15) is 11.8 Å². The summed E-state index contributed by atoms with van der Waals surface area (Å²) in [6.07, 6.45) is 5.06. The van der Waals surface area contributed by atoms with Gasteiger partial charge in [0, 0.05) is 37.6 Å². The van der Waals surface area contributed by atoms with Crippen molar-refractivity contribution < 1.29 is 9.32 Å².